The second-order valence-electron chi connectivity index (χ2n) is 5.51. The molecule has 1 fully saturated rings. The number of ether oxygens (including phenoxy) is 1. The van der Waals surface area contributed by atoms with Crippen LogP contribution in [0.2, 0.25) is 0 Å². The molecule has 1 aliphatic heterocycles. The molecule has 0 saturated carbocycles. The van der Waals surface area contributed by atoms with Crippen LogP contribution in [0.15, 0.2) is 12.7 Å². The number of carbonyl (C=O) groups is 2. The van der Waals surface area contributed by atoms with E-state index in [4.69, 9.17) is 4.74 Å². The van der Waals surface area contributed by atoms with E-state index in [0.29, 0.717) is 19.6 Å². The average Bonchev–Trinajstić information content (AvgIpc) is 2.25. The summed E-state index contributed by atoms with van der Waals surface area (Å²) < 4.78 is 5.33. The molecule has 18 heavy (non-hydrogen) atoms. The van der Waals surface area contributed by atoms with Crippen molar-refractivity contribution in [2.45, 2.75) is 39.3 Å². The summed E-state index contributed by atoms with van der Waals surface area (Å²) in [5.41, 5.74) is -0.495. The average molecular weight is 254 g/mol. The zero-order chi connectivity index (χ0) is 13.9. The van der Waals surface area contributed by atoms with Gasteiger partial charge in [0.1, 0.15) is 5.60 Å². The Kier molecular flexibility index (Phi) is 4.38. The minimum absolute atomic E-state index is 0.0440. The second-order valence-corrected chi connectivity index (χ2v) is 5.51. The molecule has 1 aliphatic rings. The zero-order valence-corrected chi connectivity index (χ0v) is 11.6. The zero-order valence-electron chi connectivity index (χ0n) is 11.6. The number of rotatable bonds is 1. The minimum atomic E-state index is -0.495. The molecule has 2 amide bonds. The Balaban J connectivity index is 2.60. The fourth-order valence-corrected chi connectivity index (χ4v) is 1.88. The summed E-state index contributed by atoms with van der Waals surface area (Å²) in [5.74, 6) is -0.0920. The molecular formula is C13H22N2O3. The molecule has 0 radical (unpaired) electrons. The largest absolute Gasteiger partial charge is 0.444 e. The molecule has 0 bridgehead atoms. The molecule has 1 heterocycles. The van der Waals surface area contributed by atoms with E-state index in [2.05, 4.69) is 6.58 Å². The first-order chi connectivity index (χ1) is 8.24. The van der Waals surface area contributed by atoms with Gasteiger partial charge in [-0.1, -0.05) is 6.58 Å². The lowest BCUT2D eigenvalue weighted by atomic mass is 10.2. The lowest BCUT2D eigenvalue weighted by Gasteiger charge is -2.39. The Bertz CT molecular complexity index is 347. The Labute approximate surface area is 108 Å². The summed E-state index contributed by atoms with van der Waals surface area (Å²) in [7, 11) is 0. The molecule has 5 nitrogen and oxygen atoms in total. The van der Waals surface area contributed by atoms with E-state index in [0.717, 1.165) is 0 Å². The monoisotopic (exact) mass is 254 g/mol. The third kappa shape index (κ3) is 3.75. The van der Waals surface area contributed by atoms with Crippen molar-refractivity contribution in [1.82, 2.24) is 9.80 Å². The first-order valence-corrected chi connectivity index (χ1v) is 6.15. The van der Waals surface area contributed by atoms with Crippen molar-refractivity contribution in [1.29, 1.82) is 0 Å². The van der Waals surface area contributed by atoms with Gasteiger partial charge in [-0.05, 0) is 33.8 Å². The van der Waals surface area contributed by atoms with E-state index in [9.17, 15) is 9.59 Å². The molecule has 0 aromatic rings. The number of carbonyl (C=O) groups excluding carboxylic acids is 2. The third-order valence-electron chi connectivity index (χ3n) is 2.74. The molecule has 0 N–H and O–H groups in total. The molecule has 5 heteroatoms. The molecule has 1 unspecified atom stereocenters. The van der Waals surface area contributed by atoms with Crippen LogP contribution in [0.5, 0.6) is 0 Å². The van der Waals surface area contributed by atoms with Crippen LogP contribution in [0.3, 0.4) is 0 Å². The van der Waals surface area contributed by atoms with Gasteiger partial charge in [0, 0.05) is 25.7 Å². The van der Waals surface area contributed by atoms with Crippen LogP contribution in [0.4, 0.5) is 4.79 Å². The highest BCUT2D eigenvalue weighted by atomic mass is 16.6. The standard InChI is InChI=1S/C13H22N2O3/c1-6-11(16)14-7-8-15(10(2)9-14)12(17)18-13(3,4)5/h6,10H,1,7-9H2,2-5H3. The van der Waals surface area contributed by atoms with Gasteiger partial charge in [-0.3, -0.25) is 4.79 Å². The van der Waals surface area contributed by atoms with Gasteiger partial charge in [-0.15, -0.1) is 0 Å². The third-order valence-corrected chi connectivity index (χ3v) is 2.74. The van der Waals surface area contributed by atoms with E-state index < -0.39 is 5.60 Å². The highest BCUT2D eigenvalue weighted by Gasteiger charge is 2.31. The van der Waals surface area contributed by atoms with Crippen molar-refractivity contribution < 1.29 is 14.3 Å². The summed E-state index contributed by atoms with van der Waals surface area (Å²) in [6.07, 6.45) is 0.983. The van der Waals surface area contributed by atoms with Crippen molar-refractivity contribution in [2.75, 3.05) is 19.6 Å². The summed E-state index contributed by atoms with van der Waals surface area (Å²) in [4.78, 5) is 26.8. The Morgan fingerprint density at radius 3 is 2.39 bits per heavy atom. The molecule has 0 aromatic carbocycles. The first kappa shape index (κ1) is 14.5. The molecule has 0 aliphatic carbocycles. The maximum absolute atomic E-state index is 12.0. The highest BCUT2D eigenvalue weighted by Crippen LogP contribution is 2.15. The van der Waals surface area contributed by atoms with Crippen LogP contribution in [0.25, 0.3) is 0 Å². The van der Waals surface area contributed by atoms with E-state index in [1.165, 1.54) is 6.08 Å². The van der Waals surface area contributed by atoms with Crippen molar-refractivity contribution in [3.8, 4) is 0 Å². The maximum atomic E-state index is 12.0. The predicted octanol–water partition coefficient (Wildman–Crippen LogP) is 1.64. The lowest BCUT2D eigenvalue weighted by molar-refractivity contribution is -0.128. The second kappa shape index (κ2) is 5.42. The van der Waals surface area contributed by atoms with E-state index in [-0.39, 0.29) is 18.0 Å². The van der Waals surface area contributed by atoms with Crippen molar-refractivity contribution in [2.24, 2.45) is 0 Å². The number of hydrogen-bond acceptors (Lipinski definition) is 3. The van der Waals surface area contributed by atoms with Crippen LogP contribution >= 0.6 is 0 Å². The van der Waals surface area contributed by atoms with E-state index >= 15 is 0 Å². The van der Waals surface area contributed by atoms with Gasteiger partial charge >= 0.3 is 6.09 Å². The van der Waals surface area contributed by atoms with Gasteiger partial charge in [-0.2, -0.15) is 0 Å². The van der Waals surface area contributed by atoms with Crippen LogP contribution in [-0.2, 0) is 9.53 Å². The molecular weight excluding hydrogens is 232 g/mol. The number of amides is 2. The van der Waals surface area contributed by atoms with Crippen LogP contribution in [-0.4, -0.2) is 53.1 Å². The van der Waals surface area contributed by atoms with Crippen LogP contribution in [0.1, 0.15) is 27.7 Å². The Morgan fingerprint density at radius 2 is 1.94 bits per heavy atom. The maximum Gasteiger partial charge on any atom is 0.410 e. The molecule has 1 rings (SSSR count). The van der Waals surface area contributed by atoms with Gasteiger partial charge in [0.2, 0.25) is 5.91 Å². The number of nitrogens with zero attached hydrogens (tertiary/aromatic N) is 2. The summed E-state index contributed by atoms with van der Waals surface area (Å²) in [6.45, 7) is 12.4. The quantitative estimate of drug-likeness (QED) is 0.668. The van der Waals surface area contributed by atoms with Crippen molar-refractivity contribution >= 4 is 12.0 Å². The highest BCUT2D eigenvalue weighted by molar-refractivity contribution is 5.87. The van der Waals surface area contributed by atoms with Crippen molar-refractivity contribution in [3.05, 3.63) is 12.7 Å². The fourth-order valence-electron chi connectivity index (χ4n) is 1.88. The number of hydrogen-bond donors (Lipinski definition) is 0. The SMILES string of the molecule is C=CC(=O)N1CCN(C(=O)OC(C)(C)C)C(C)C1. The lowest BCUT2D eigenvalue weighted by Crippen LogP contribution is -2.56. The summed E-state index contributed by atoms with van der Waals surface area (Å²) in [6, 6.07) is -0.0440. The molecule has 1 atom stereocenters. The summed E-state index contributed by atoms with van der Waals surface area (Å²) in [5, 5.41) is 0. The molecule has 0 aromatic heterocycles. The normalized spacial score (nSPS) is 20.6. The van der Waals surface area contributed by atoms with Gasteiger partial charge in [0.15, 0.2) is 0 Å². The topological polar surface area (TPSA) is 49.9 Å². The Morgan fingerprint density at radius 1 is 1.33 bits per heavy atom. The first-order valence-electron chi connectivity index (χ1n) is 6.15. The minimum Gasteiger partial charge on any atom is -0.444 e. The smallest absolute Gasteiger partial charge is 0.410 e. The van der Waals surface area contributed by atoms with E-state index in [1.54, 1.807) is 9.80 Å². The summed E-state index contributed by atoms with van der Waals surface area (Å²) >= 11 is 0. The predicted molar refractivity (Wildman–Crippen MR) is 69.2 cm³/mol. The van der Waals surface area contributed by atoms with Gasteiger partial charge < -0.3 is 14.5 Å². The molecule has 1 saturated heterocycles. The van der Waals surface area contributed by atoms with Gasteiger partial charge in [-0.25, -0.2) is 4.79 Å². The van der Waals surface area contributed by atoms with Gasteiger partial charge in [0.25, 0.3) is 0 Å². The van der Waals surface area contributed by atoms with Crippen molar-refractivity contribution in [3.63, 3.8) is 0 Å². The van der Waals surface area contributed by atoms with Crippen LogP contribution < -0.4 is 0 Å². The molecule has 0 spiro atoms. The van der Waals surface area contributed by atoms with Gasteiger partial charge in [0.05, 0.1) is 0 Å². The Hall–Kier alpha value is -1.52. The fraction of sp³-hybridized carbons (Fsp3) is 0.692. The molecule has 102 valence electrons. The van der Waals surface area contributed by atoms with E-state index in [1.807, 2.05) is 27.7 Å². The van der Waals surface area contributed by atoms with Crippen LogP contribution in [0, 0.1) is 0 Å². The number of piperazine rings is 1.